The first kappa shape index (κ1) is 21.0. The van der Waals surface area contributed by atoms with Crippen molar-refractivity contribution < 1.29 is 19.1 Å². The molecular formula is C21H19ClN2O4S. The number of carbonyl (C=O) groups excluding carboxylic acids is 3. The summed E-state index contributed by atoms with van der Waals surface area (Å²) in [6.45, 7) is 3.87. The van der Waals surface area contributed by atoms with E-state index in [0.29, 0.717) is 23.1 Å². The molecule has 1 saturated heterocycles. The number of nitrogens with one attached hydrogen (secondary N) is 1. The van der Waals surface area contributed by atoms with Gasteiger partial charge in [-0.1, -0.05) is 29.8 Å². The van der Waals surface area contributed by atoms with Gasteiger partial charge in [-0.3, -0.25) is 19.3 Å². The Hall–Kier alpha value is -2.77. The molecule has 0 aliphatic carbocycles. The molecule has 0 spiro atoms. The summed E-state index contributed by atoms with van der Waals surface area (Å²) in [5, 5.41) is 2.69. The van der Waals surface area contributed by atoms with Crippen molar-refractivity contribution in [1.82, 2.24) is 4.90 Å². The Morgan fingerprint density at radius 2 is 2.03 bits per heavy atom. The summed E-state index contributed by atoms with van der Waals surface area (Å²) >= 11 is 6.76. The minimum Gasteiger partial charge on any atom is -0.494 e. The Kier molecular flexibility index (Phi) is 6.61. The zero-order chi connectivity index (χ0) is 21.0. The standard InChI is InChI=1S/C21H19ClN2O4S/c1-3-28-16-6-4-5-14(9-16)10-18-20(26)24(21(27)29-18)12-19(25)23-17-11-15(22)8-7-13(17)2/h4-11H,3,12H2,1-2H3,(H,23,25)/b18-10-. The molecule has 1 aliphatic rings. The smallest absolute Gasteiger partial charge is 0.294 e. The number of aryl methyl sites for hydroxylation is 1. The summed E-state index contributed by atoms with van der Waals surface area (Å²) < 4.78 is 5.45. The molecule has 0 aromatic heterocycles. The molecule has 1 heterocycles. The van der Waals surface area contributed by atoms with Gasteiger partial charge in [-0.25, -0.2) is 0 Å². The molecule has 3 amide bonds. The SMILES string of the molecule is CCOc1cccc(/C=C2\SC(=O)N(CC(=O)Nc3cc(Cl)ccc3C)C2=O)c1. The van der Waals surface area contributed by atoms with Gasteiger partial charge < -0.3 is 10.1 Å². The second-order valence-electron chi connectivity index (χ2n) is 6.28. The van der Waals surface area contributed by atoms with Crippen molar-refractivity contribution in [3.05, 3.63) is 63.5 Å². The van der Waals surface area contributed by atoms with Crippen LogP contribution in [0.1, 0.15) is 18.1 Å². The van der Waals surface area contributed by atoms with Crippen LogP contribution in [0, 0.1) is 6.92 Å². The second kappa shape index (κ2) is 9.15. The van der Waals surface area contributed by atoms with Gasteiger partial charge in [0.25, 0.3) is 11.1 Å². The molecule has 0 bridgehead atoms. The number of thioether (sulfide) groups is 1. The Labute approximate surface area is 177 Å². The summed E-state index contributed by atoms with van der Waals surface area (Å²) in [7, 11) is 0. The highest BCUT2D eigenvalue weighted by atomic mass is 35.5. The number of rotatable bonds is 6. The number of nitrogens with zero attached hydrogens (tertiary/aromatic N) is 1. The van der Waals surface area contributed by atoms with Gasteiger partial charge in [-0.2, -0.15) is 0 Å². The average Bonchev–Trinajstić information content (AvgIpc) is 2.93. The minimum absolute atomic E-state index is 0.260. The lowest BCUT2D eigenvalue weighted by Crippen LogP contribution is -2.36. The molecule has 0 radical (unpaired) electrons. The van der Waals surface area contributed by atoms with E-state index in [4.69, 9.17) is 16.3 Å². The summed E-state index contributed by atoms with van der Waals surface area (Å²) in [4.78, 5) is 38.4. The van der Waals surface area contributed by atoms with Crippen molar-refractivity contribution in [2.45, 2.75) is 13.8 Å². The monoisotopic (exact) mass is 430 g/mol. The van der Waals surface area contributed by atoms with Crippen molar-refractivity contribution in [3.63, 3.8) is 0 Å². The molecule has 3 rings (SSSR count). The van der Waals surface area contributed by atoms with Crippen LogP contribution in [0.2, 0.25) is 5.02 Å². The number of hydrogen-bond acceptors (Lipinski definition) is 5. The highest BCUT2D eigenvalue weighted by Gasteiger charge is 2.36. The lowest BCUT2D eigenvalue weighted by atomic mass is 10.2. The first-order chi connectivity index (χ1) is 13.9. The molecule has 2 aromatic rings. The Morgan fingerprint density at radius 1 is 1.24 bits per heavy atom. The number of anilines is 1. The third-order valence-corrected chi connectivity index (χ3v) is 5.26. The van der Waals surface area contributed by atoms with Crippen molar-refractivity contribution in [2.75, 3.05) is 18.5 Å². The molecule has 1 fully saturated rings. The van der Waals surface area contributed by atoms with Crippen LogP contribution in [-0.4, -0.2) is 35.1 Å². The van der Waals surface area contributed by atoms with E-state index in [1.54, 1.807) is 30.3 Å². The van der Waals surface area contributed by atoms with Crippen molar-refractivity contribution in [3.8, 4) is 5.75 Å². The second-order valence-corrected chi connectivity index (χ2v) is 7.71. The van der Waals surface area contributed by atoms with E-state index in [2.05, 4.69) is 5.32 Å². The third-order valence-electron chi connectivity index (χ3n) is 4.12. The fourth-order valence-corrected chi connectivity index (χ4v) is 3.72. The Morgan fingerprint density at radius 3 is 2.79 bits per heavy atom. The fraction of sp³-hybridized carbons (Fsp3) is 0.190. The van der Waals surface area contributed by atoms with E-state index >= 15 is 0 Å². The summed E-state index contributed by atoms with van der Waals surface area (Å²) in [6, 6.07) is 12.3. The highest BCUT2D eigenvalue weighted by Crippen LogP contribution is 2.32. The molecule has 1 aliphatic heterocycles. The van der Waals surface area contributed by atoms with Gasteiger partial charge in [0.05, 0.1) is 11.5 Å². The van der Waals surface area contributed by atoms with Gasteiger partial charge >= 0.3 is 0 Å². The zero-order valence-corrected chi connectivity index (χ0v) is 17.5. The van der Waals surface area contributed by atoms with Gasteiger partial charge in [0.1, 0.15) is 12.3 Å². The molecule has 2 aromatic carbocycles. The lowest BCUT2D eigenvalue weighted by Gasteiger charge is -2.13. The van der Waals surface area contributed by atoms with Crippen molar-refractivity contribution >= 4 is 52.2 Å². The Bertz CT molecular complexity index is 1010. The van der Waals surface area contributed by atoms with E-state index in [1.807, 2.05) is 32.0 Å². The maximum atomic E-state index is 12.6. The van der Waals surface area contributed by atoms with Gasteiger partial charge in [-0.05, 0) is 67.1 Å². The largest absolute Gasteiger partial charge is 0.494 e. The molecule has 1 N–H and O–H groups in total. The van der Waals surface area contributed by atoms with Crippen LogP contribution >= 0.6 is 23.4 Å². The molecule has 8 heteroatoms. The van der Waals surface area contributed by atoms with Crippen LogP contribution < -0.4 is 10.1 Å². The van der Waals surface area contributed by atoms with Crippen molar-refractivity contribution in [2.24, 2.45) is 0 Å². The third kappa shape index (κ3) is 5.19. The van der Waals surface area contributed by atoms with Gasteiger partial charge in [0.15, 0.2) is 0 Å². The number of carbonyl (C=O) groups is 3. The van der Waals surface area contributed by atoms with E-state index < -0.39 is 17.1 Å². The maximum absolute atomic E-state index is 12.6. The first-order valence-corrected chi connectivity index (χ1v) is 10.1. The number of ether oxygens (including phenoxy) is 1. The van der Waals surface area contributed by atoms with Crippen LogP contribution in [0.15, 0.2) is 47.4 Å². The normalized spacial score (nSPS) is 15.1. The average molecular weight is 431 g/mol. The quantitative estimate of drug-likeness (QED) is 0.671. The Balaban J connectivity index is 1.71. The number of imide groups is 1. The number of halogens is 1. The van der Waals surface area contributed by atoms with Crippen LogP contribution in [0.4, 0.5) is 10.5 Å². The van der Waals surface area contributed by atoms with Crippen LogP contribution in [0.25, 0.3) is 6.08 Å². The summed E-state index contributed by atoms with van der Waals surface area (Å²) in [5.41, 5.74) is 2.10. The predicted molar refractivity (Wildman–Crippen MR) is 115 cm³/mol. The van der Waals surface area contributed by atoms with Crippen LogP contribution in [-0.2, 0) is 9.59 Å². The van der Waals surface area contributed by atoms with E-state index in [9.17, 15) is 14.4 Å². The molecule has 0 unspecified atom stereocenters. The van der Waals surface area contributed by atoms with Crippen molar-refractivity contribution in [1.29, 1.82) is 0 Å². The number of hydrogen-bond donors (Lipinski definition) is 1. The predicted octanol–water partition coefficient (Wildman–Crippen LogP) is 4.72. The fourth-order valence-electron chi connectivity index (χ4n) is 2.71. The van der Waals surface area contributed by atoms with Crippen LogP contribution in [0.3, 0.4) is 0 Å². The molecule has 0 saturated carbocycles. The van der Waals surface area contributed by atoms with Gasteiger partial charge in [0, 0.05) is 10.7 Å². The number of amides is 3. The van der Waals surface area contributed by atoms with Gasteiger partial charge in [-0.15, -0.1) is 0 Å². The first-order valence-electron chi connectivity index (χ1n) is 8.91. The zero-order valence-electron chi connectivity index (χ0n) is 15.9. The highest BCUT2D eigenvalue weighted by molar-refractivity contribution is 8.18. The molecular weight excluding hydrogens is 412 g/mol. The van der Waals surface area contributed by atoms with E-state index in [0.717, 1.165) is 27.8 Å². The van der Waals surface area contributed by atoms with Crippen LogP contribution in [0.5, 0.6) is 5.75 Å². The molecule has 29 heavy (non-hydrogen) atoms. The minimum atomic E-state index is -0.500. The molecule has 150 valence electrons. The molecule has 0 atom stereocenters. The maximum Gasteiger partial charge on any atom is 0.294 e. The van der Waals surface area contributed by atoms with Gasteiger partial charge in [0.2, 0.25) is 5.91 Å². The van der Waals surface area contributed by atoms with E-state index in [-0.39, 0.29) is 11.4 Å². The lowest BCUT2D eigenvalue weighted by molar-refractivity contribution is -0.127. The number of benzene rings is 2. The molecule has 6 nitrogen and oxygen atoms in total. The van der Waals surface area contributed by atoms with E-state index in [1.165, 1.54) is 0 Å². The summed E-state index contributed by atoms with van der Waals surface area (Å²) in [5.74, 6) is -0.297. The summed E-state index contributed by atoms with van der Waals surface area (Å²) in [6.07, 6.45) is 1.62. The topological polar surface area (TPSA) is 75.7 Å².